The Morgan fingerprint density at radius 2 is 2.00 bits per heavy atom. The van der Waals surface area contributed by atoms with Gasteiger partial charge in [0.15, 0.2) is 0 Å². The van der Waals surface area contributed by atoms with Crippen LogP contribution in [0.25, 0.3) is 0 Å². The van der Waals surface area contributed by atoms with Crippen LogP contribution in [0.15, 0.2) is 41.4 Å². The van der Waals surface area contributed by atoms with Crippen LogP contribution in [0.1, 0.15) is 15.9 Å². The molecule has 108 valence electrons. The summed E-state index contributed by atoms with van der Waals surface area (Å²) in [5, 5.41) is 10.5. The van der Waals surface area contributed by atoms with Crippen molar-refractivity contribution in [3.05, 3.63) is 56.1 Å². The zero-order valence-electron chi connectivity index (χ0n) is 11.0. The van der Waals surface area contributed by atoms with E-state index >= 15 is 0 Å². The lowest BCUT2D eigenvalue weighted by atomic mass is 10.2. The Balaban J connectivity index is 2.24. The molecule has 0 fully saturated rings. The highest BCUT2D eigenvalue weighted by molar-refractivity contribution is 14.1. The zero-order valence-corrected chi connectivity index (χ0v) is 13.9. The molecule has 2 aromatic carbocycles. The third-order valence-electron chi connectivity index (χ3n) is 2.70. The van der Waals surface area contributed by atoms with Crippen LogP contribution in [0.2, 0.25) is 5.02 Å². The number of methoxy groups -OCH3 is 1. The maximum Gasteiger partial charge on any atom is 0.337 e. The van der Waals surface area contributed by atoms with Crippen molar-refractivity contribution in [3.63, 3.8) is 0 Å². The second kappa shape index (κ2) is 6.91. The molecule has 21 heavy (non-hydrogen) atoms. The smallest absolute Gasteiger partial charge is 0.337 e. The first kappa shape index (κ1) is 15.8. The molecule has 4 nitrogen and oxygen atoms in total. The SMILES string of the molecule is COC(=O)c1ccc(N=Cc2cc(Cl)cc(I)c2O)cc1. The van der Waals surface area contributed by atoms with Crippen LogP contribution < -0.4 is 0 Å². The lowest BCUT2D eigenvalue weighted by Crippen LogP contribution is -1.99. The molecule has 0 aliphatic rings. The van der Waals surface area contributed by atoms with E-state index in [1.807, 2.05) is 22.6 Å². The molecule has 2 rings (SSSR count). The first-order chi connectivity index (χ1) is 10.0. The second-order valence-electron chi connectivity index (χ2n) is 4.12. The quantitative estimate of drug-likeness (QED) is 0.465. The van der Waals surface area contributed by atoms with Gasteiger partial charge in [0.2, 0.25) is 0 Å². The van der Waals surface area contributed by atoms with Crippen molar-refractivity contribution in [2.75, 3.05) is 7.11 Å². The number of nitrogens with zero attached hydrogens (tertiary/aromatic N) is 1. The van der Waals surface area contributed by atoms with E-state index in [0.717, 1.165) is 0 Å². The minimum absolute atomic E-state index is 0.134. The summed E-state index contributed by atoms with van der Waals surface area (Å²) in [6, 6.07) is 9.93. The lowest BCUT2D eigenvalue weighted by molar-refractivity contribution is 0.0601. The van der Waals surface area contributed by atoms with E-state index in [1.165, 1.54) is 13.3 Å². The van der Waals surface area contributed by atoms with Crippen LogP contribution >= 0.6 is 34.2 Å². The van der Waals surface area contributed by atoms with E-state index in [0.29, 0.717) is 25.4 Å². The second-order valence-corrected chi connectivity index (χ2v) is 5.72. The van der Waals surface area contributed by atoms with Gasteiger partial charge in [0.25, 0.3) is 0 Å². The molecule has 2 aromatic rings. The average Bonchev–Trinajstić information content (AvgIpc) is 2.49. The topological polar surface area (TPSA) is 58.9 Å². The Morgan fingerprint density at radius 3 is 2.62 bits per heavy atom. The predicted molar refractivity (Wildman–Crippen MR) is 90.9 cm³/mol. The minimum atomic E-state index is -0.396. The largest absolute Gasteiger partial charge is 0.506 e. The van der Waals surface area contributed by atoms with E-state index < -0.39 is 5.97 Å². The summed E-state index contributed by atoms with van der Waals surface area (Å²) in [5.74, 6) is -0.262. The highest BCUT2D eigenvalue weighted by Crippen LogP contribution is 2.27. The number of ether oxygens (including phenoxy) is 1. The third kappa shape index (κ3) is 3.95. The molecule has 0 heterocycles. The predicted octanol–water partition coefficient (Wildman–Crippen LogP) is 4.19. The zero-order chi connectivity index (χ0) is 15.4. The summed E-state index contributed by atoms with van der Waals surface area (Å²) in [6.07, 6.45) is 1.52. The molecule has 0 aliphatic carbocycles. The first-order valence-electron chi connectivity index (χ1n) is 5.91. The van der Waals surface area contributed by atoms with Crippen molar-refractivity contribution in [3.8, 4) is 5.75 Å². The van der Waals surface area contributed by atoms with Gasteiger partial charge in [-0.3, -0.25) is 4.99 Å². The summed E-state index contributed by atoms with van der Waals surface area (Å²) in [6.45, 7) is 0. The summed E-state index contributed by atoms with van der Waals surface area (Å²) in [5.41, 5.74) is 1.64. The van der Waals surface area contributed by atoms with Crippen LogP contribution in [0.4, 0.5) is 5.69 Å². The van der Waals surface area contributed by atoms with E-state index in [1.54, 1.807) is 36.4 Å². The Labute approximate surface area is 140 Å². The Hall–Kier alpha value is -1.60. The molecular weight excluding hydrogens is 405 g/mol. The summed E-state index contributed by atoms with van der Waals surface area (Å²) >= 11 is 7.94. The fourth-order valence-electron chi connectivity index (χ4n) is 1.63. The summed E-state index contributed by atoms with van der Waals surface area (Å²) in [7, 11) is 1.33. The van der Waals surface area contributed by atoms with Gasteiger partial charge in [0.1, 0.15) is 5.75 Å². The summed E-state index contributed by atoms with van der Waals surface area (Å²) in [4.78, 5) is 15.6. The molecule has 0 saturated heterocycles. The molecule has 0 bridgehead atoms. The average molecular weight is 416 g/mol. The van der Waals surface area contributed by atoms with Gasteiger partial charge in [-0.15, -0.1) is 0 Å². The molecule has 6 heteroatoms. The van der Waals surface area contributed by atoms with E-state index in [4.69, 9.17) is 11.6 Å². The van der Waals surface area contributed by atoms with Crippen molar-refractivity contribution in [1.29, 1.82) is 0 Å². The number of carbonyl (C=O) groups is 1. The number of hydrogen-bond donors (Lipinski definition) is 1. The van der Waals surface area contributed by atoms with Gasteiger partial charge in [-0.05, 0) is 59.0 Å². The fourth-order valence-corrected chi connectivity index (χ4v) is 2.69. The molecule has 1 N–H and O–H groups in total. The third-order valence-corrected chi connectivity index (χ3v) is 3.74. The maximum atomic E-state index is 11.3. The van der Waals surface area contributed by atoms with Gasteiger partial charge in [-0.25, -0.2) is 4.79 Å². The van der Waals surface area contributed by atoms with Gasteiger partial charge < -0.3 is 9.84 Å². The maximum absolute atomic E-state index is 11.3. The molecule has 0 radical (unpaired) electrons. The number of halogens is 2. The molecule has 0 atom stereocenters. The van der Waals surface area contributed by atoms with Gasteiger partial charge in [-0.2, -0.15) is 0 Å². The number of benzene rings is 2. The molecule has 0 aliphatic heterocycles. The van der Waals surface area contributed by atoms with Crippen LogP contribution in [0.3, 0.4) is 0 Å². The molecule has 0 aromatic heterocycles. The lowest BCUT2D eigenvalue weighted by Gasteiger charge is -2.03. The van der Waals surface area contributed by atoms with Crippen LogP contribution in [0, 0.1) is 3.57 Å². The number of hydrogen-bond acceptors (Lipinski definition) is 4. The molecule has 0 saturated carbocycles. The van der Waals surface area contributed by atoms with Crippen molar-refractivity contribution in [2.24, 2.45) is 4.99 Å². The molecule has 0 spiro atoms. The fraction of sp³-hybridized carbons (Fsp3) is 0.0667. The van der Waals surface area contributed by atoms with Gasteiger partial charge >= 0.3 is 5.97 Å². The number of phenols is 1. The van der Waals surface area contributed by atoms with E-state index in [-0.39, 0.29) is 5.75 Å². The normalized spacial score (nSPS) is 10.8. The van der Waals surface area contributed by atoms with Crippen molar-refractivity contribution < 1.29 is 14.6 Å². The standard InChI is InChI=1S/C15H11ClINO3/c1-21-15(20)9-2-4-12(5-3-9)18-8-10-6-11(16)7-13(17)14(10)19/h2-8,19H,1H3. The van der Waals surface area contributed by atoms with Gasteiger partial charge in [0.05, 0.1) is 21.9 Å². The Kier molecular flexibility index (Phi) is 5.19. The van der Waals surface area contributed by atoms with Crippen molar-refractivity contribution in [1.82, 2.24) is 0 Å². The van der Waals surface area contributed by atoms with Crippen LogP contribution in [-0.4, -0.2) is 24.4 Å². The van der Waals surface area contributed by atoms with Crippen molar-refractivity contribution in [2.45, 2.75) is 0 Å². The van der Waals surface area contributed by atoms with Crippen molar-refractivity contribution >= 4 is 52.1 Å². The molecule has 0 unspecified atom stereocenters. The van der Waals surface area contributed by atoms with E-state index in [2.05, 4.69) is 9.73 Å². The van der Waals surface area contributed by atoms with Gasteiger partial charge in [-0.1, -0.05) is 11.6 Å². The highest BCUT2D eigenvalue weighted by atomic mass is 127. The van der Waals surface area contributed by atoms with Crippen LogP contribution in [-0.2, 0) is 4.74 Å². The number of carbonyl (C=O) groups excluding carboxylic acids is 1. The number of aromatic hydroxyl groups is 1. The molecular formula is C15H11ClINO3. The number of phenolic OH excluding ortho intramolecular Hbond substituents is 1. The summed E-state index contributed by atoms with van der Waals surface area (Å²) < 4.78 is 5.28. The number of esters is 1. The Morgan fingerprint density at radius 1 is 1.33 bits per heavy atom. The number of rotatable bonds is 3. The highest BCUT2D eigenvalue weighted by Gasteiger charge is 2.06. The monoisotopic (exact) mass is 415 g/mol. The molecule has 0 amide bonds. The first-order valence-corrected chi connectivity index (χ1v) is 7.37. The Bertz CT molecular complexity index is 699. The van der Waals surface area contributed by atoms with Gasteiger partial charge in [0, 0.05) is 16.8 Å². The van der Waals surface area contributed by atoms with E-state index in [9.17, 15) is 9.90 Å². The minimum Gasteiger partial charge on any atom is -0.506 e. The van der Waals surface area contributed by atoms with Crippen LogP contribution in [0.5, 0.6) is 5.75 Å². The number of aliphatic imine (C=N–C) groups is 1.